The van der Waals surface area contributed by atoms with Gasteiger partial charge in [-0.2, -0.15) is 12.6 Å². The lowest BCUT2D eigenvalue weighted by atomic mass is 9.04. The van der Waals surface area contributed by atoms with E-state index in [1.165, 1.54) is 36.8 Å². The Labute approximate surface area is 151 Å². The third kappa shape index (κ3) is 1.25. The topological polar surface area (TPSA) is 20.2 Å². The molecule has 4 aliphatic carbocycles. The summed E-state index contributed by atoms with van der Waals surface area (Å²) in [7, 11) is 0. The fourth-order valence-corrected chi connectivity index (χ4v) is 9.01. The minimum Gasteiger partial charge on any atom is -0.507 e. The highest BCUT2D eigenvalue weighted by atomic mass is 32.1. The minimum absolute atomic E-state index is 0.104. The molecular weight excluding hydrogens is 312 g/mol. The summed E-state index contributed by atoms with van der Waals surface area (Å²) in [5, 5.41) is 11.1. The van der Waals surface area contributed by atoms with Gasteiger partial charge in [0.25, 0.3) is 0 Å². The molecule has 1 spiro atoms. The maximum absolute atomic E-state index is 11.1. The van der Waals surface area contributed by atoms with Crippen LogP contribution in [0, 0.1) is 22.2 Å². The fourth-order valence-electron chi connectivity index (χ4n) is 8.77. The molecule has 0 amide bonds. The van der Waals surface area contributed by atoms with Crippen LogP contribution in [0.4, 0.5) is 0 Å². The molecule has 0 aliphatic heterocycles. The summed E-state index contributed by atoms with van der Waals surface area (Å²) in [6.07, 6.45) is 5.39. The van der Waals surface area contributed by atoms with Gasteiger partial charge in [0.2, 0.25) is 0 Å². The summed E-state index contributed by atoms with van der Waals surface area (Å²) in [6, 6.07) is 4.53. The van der Waals surface area contributed by atoms with Crippen LogP contribution in [0.2, 0.25) is 0 Å². The largest absolute Gasteiger partial charge is 0.507 e. The minimum atomic E-state index is 0.104. The maximum atomic E-state index is 11.1. The van der Waals surface area contributed by atoms with E-state index in [1.807, 2.05) is 0 Å². The molecule has 5 atom stereocenters. The standard InChI is InChI=1S/C22H30OS/c1-18(2,3)14-6-13(10-24)17(23)16(7-14)21-9-15-8-19(4)11-20(5,12-21)22(15,19)21/h6-7,15,23-24H,8-12H2,1-5H3. The van der Waals surface area contributed by atoms with Gasteiger partial charge in [-0.05, 0) is 58.8 Å². The Morgan fingerprint density at radius 2 is 1.83 bits per heavy atom. The lowest BCUT2D eigenvalue weighted by Gasteiger charge is -2.99. The predicted octanol–water partition coefficient (Wildman–Crippen LogP) is 5.59. The number of hydrogen-bond acceptors (Lipinski definition) is 2. The zero-order valence-electron chi connectivity index (χ0n) is 15.7. The van der Waals surface area contributed by atoms with Gasteiger partial charge in [-0.15, -0.1) is 0 Å². The van der Waals surface area contributed by atoms with Gasteiger partial charge in [-0.3, -0.25) is 0 Å². The van der Waals surface area contributed by atoms with E-state index < -0.39 is 0 Å². The first-order valence-electron chi connectivity index (χ1n) is 9.52. The van der Waals surface area contributed by atoms with Gasteiger partial charge in [0, 0.05) is 22.3 Å². The molecule has 0 radical (unpaired) electrons. The van der Waals surface area contributed by atoms with Gasteiger partial charge in [-0.1, -0.05) is 46.8 Å². The number of phenols is 1. The number of benzene rings is 1. The Hall–Kier alpha value is -0.630. The lowest BCUT2D eigenvalue weighted by Crippen LogP contribution is -2.94. The highest BCUT2D eigenvalue weighted by Gasteiger charge is 2.96. The molecule has 4 fully saturated rings. The summed E-state index contributed by atoms with van der Waals surface area (Å²) in [6.45, 7) is 11.8. The Morgan fingerprint density at radius 1 is 1.12 bits per heavy atom. The quantitative estimate of drug-likeness (QED) is 0.672. The number of phenolic OH excluding ortho intramolecular Hbond substituents is 1. The Balaban J connectivity index is 1.69. The average Bonchev–Trinajstić information content (AvgIpc) is 2.41. The molecule has 1 aromatic rings. The van der Waals surface area contributed by atoms with Gasteiger partial charge in [-0.25, -0.2) is 0 Å². The molecule has 1 N–H and O–H groups in total. The summed E-state index contributed by atoms with van der Waals surface area (Å²) in [5.74, 6) is 2.07. The summed E-state index contributed by atoms with van der Waals surface area (Å²) in [4.78, 5) is 0. The van der Waals surface area contributed by atoms with E-state index in [-0.39, 0.29) is 10.8 Å². The third-order valence-corrected chi connectivity index (χ3v) is 9.12. The first-order valence-corrected chi connectivity index (χ1v) is 10.2. The normalized spacial score (nSPS) is 47.5. The second-order valence-electron chi connectivity index (χ2n) is 10.9. The van der Waals surface area contributed by atoms with E-state index in [0.29, 0.717) is 27.7 Å². The van der Waals surface area contributed by atoms with Crippen LogP contribution >= 0.6 is 12.6 Å². The monoisotopic (exact) mass is 342 g/mol. The van der Waals surface area contributed by atoms with Gasteiger partial charge in [0.15, 0.2) is 0 Å². The van der Waals surface area contributed by atoms with Crippen molar-refractivity contribution in [2.75, 3.05) is 0 Å². The van der Waals surface area contributed by atoms with Crippen molar-refractivity contribution in [2.24, 2.45) is 22.2 Å². The van der Waals surface area contributed by atoms with Crippen LogP contribution in [0.5, 0.6) is 5.75 Å². The van der Waals surface area contributed by atoms with E-state index in [2.05, 4.69) is 59.4 Å². The molecule has 0 saturated heterocycles. The first-order chi connectivity index (χ1) is 11.0. The van der Waals surface area contributed by atoms with E-state index in [0.717, 1.165) is 11.5 Å². The zero-order chi connectivity index (χ0) is 17.3. The highest BCUT2D eigenvalue weighted by molar-refractivity contribution is 7.79. The van der Waals surface area contributed by atoms with Crippen LogP contribution < -0.4 is 0 Å². The second kappa shape index (κ2) is 3.87. The van der Waals surface area contributed by atoms with E-state index in [1.54, 1.807) is 0 Å². The second-order valence-corrected chi connectivity index (χ2v) is 11.2. The predicted molar refractivity (Wildman–Crippen MR) is 102 cm³/mol. The molecule has 1 aromatic carbocycles. The zero-order valence-corrected chi connectivity index (χ0v) is 16.6. The summed E-state index contributed by atoms with van der Waals surface area (Å²) < 4.78 is 0. The molecule has 0 aromatic heterocycles. The van der Waals surface area contributed by atoms with Gasteiger partial charge in [0.05, 0.1) is 0 Å². The van der Waals surface area contributed by atoms with Crippen LogP contribution in [0.25, 0.3) is 0 Å². The van der Waals surface area contributed by atoms with Crippen molar-refractivity contribution in [3.05, 3.63) is 28.8 Å². The van der Waals surface area contributed by atoms with E-state index in [4.69, 9.17) is 0 Å². The number of aromatic hydroxyl groups is 1. The SMILES string of the molecule is CC(C)(C)c1cc(CS)c(O)c(C23CC4CC5(C)CC(C)(C2)C453)c1. The lowest BCUT2D eigenvalue weighted by molar-refractivity contribution is -0.484. The van der Waals surface area contributed by atoms with Crippen LogP contribution in [0.15, 0.2) is 12.1 Å². The third-order valence-electron chi connectivity index (χ3n) is 8.78. The molecule has 4 saturated carbocycles. The molecule has 5 unspecified atom stereocenters. The number of thiol groups is 1. The van der Waals surface area contributed by atoms with Crippen LogP contribution in [0.3, 0.4) is 0 Å². The van der Waals surface area contributed by atoms with Crippen LogP contribution in [0.1, 0.15) is 77.0 Å². The van der Waals surface area contributed by atoms with Crippen molar-refractivity contribution in [3.8, 4) is 5.75 Å². The highest BCUT2D eigenvalue weighted by Crippen LogP contribution is 3.01. The van der Waals surface area contributed by atoms with Crippen LogP contribution in [-0.4, -0.2) is 5.11 Å². The molecule has 24 heavy (non-hydrogen) atoms. The molecule has 5 rings (SSSR count). The Bertz CT molecular complexity index is 767. The van der Waals surface area contributed by atoms with Crippen molar-refractivity contribution < 1.29 is 5.11 Å². The van der Waals surface area contributed by atoms with E-state index in [9.17, 15) is 5.11 Å². The van der Waals surface area contributed by atoms with E-state index >= 15 is 0 Å². The van der Waals surface area contributed by atoms with Crippen molar-refractivity contribution in [2.45, 2.75) is 76.9 Å². The molecule has 2 heteroatoms. The Kier molecular flexibility index (Phi) is 2.52. The molecule has 4 aliphatic rings. The van der Waals surface area contributed by atoms with Crippen molar-refractivity contribution >= 4 is 12.6 Å². The fraction of sp³-hybridized carbons (Fsp3) is 0.727. The van der Waals surface area contributed by atoms with Gasteiger partial charge in [0.1, 0.15) is 5.75 Å². The van der Waals surface area contributed by atoms with Crippen molar-refractivity contribution in [1.29, 1.82) is 0 Å². The van der Waals surface area contributed by atoms with Gasteiger partial charge >= 0.3 is 0 Å². The average molecular weight is 343 g/mol. The van der Waals surface area contributed by atoms with Crippen molar-refractivity contribution in [1.82, 2.24) is 0 Å². The smallest absolute Gasteiger partial charge is 0.123 e. The Morgan fingerprint density at radius 3 is 2.33 bits per heavy atom. The molecular formula is C22H30OS. The summed E-state index contributed by atoms with van der Waals surface area (Å²) >= 11 is 4.51. The summed E-state index contributed by atoms with van der Waals surface area (Å²) in [5.41, 5.74) is 5.55. The van der Waals surface area contributed by atoms with Gasteiger partial charge < -0.3 is 5.11 Å². The number of hydrogen-bond donors (Lipinski definition) is 2. The molecule has 0 bridgehead atoms. The molecule has 1 nitrogen and oxygen atoms in total. The number of rotatable bonds is 2. The van der Waals surface area contributed by atoms with Crippen LogP contribution in [-0.2, 0) is 16.6 Å². The molecule has 0 heterocycles. The maximum Gasteiger partial charge on any atom is 0.123 e. The first kappa shape index (κ1) is 15.6. The van der Waals surface area contributed by atoms with Crippen molar-refractivity contribution in [3.63, 3.8) is 0 Å². The molecule has 130 valence electrons.